The first kappa shape index (κ1) is 14.4. The molecule has 20 heavy (non-hydrogen) atoms. The van der Waals surface area contributed by atoms with E-state index < -0.39 is 0 Å². The predicted molar refractivity (Wildman–Crippen MR) is 81.1 cm³/mol. The number of carbonyl (C=O) groups is 1. The van der Waals surface area contributed by atoms with Crippen molar-refractivity contribution in [1.82, 2.24) is 5.32 Å². The van der Waals surface area contributed by atoms with Gasteiger partial charge in [-0.05, 0) is 37.8 Å². The van der Waals surface area contributed by atoms with Gasteiger partial charge in [-0.15, -0.1) is 0 Å². The molecule has 1 fully saturated rings. The predicted octanol–water partition coefficient (Wildman–Crippen LogP) is 2.66. The van der Waals surface area contributed by atoms with Crippen LogP contribution < -0.4 is 16.0 Å². The summed E-state index contributed by atoms with van der Waals surface area (Å²) in [5, 5.41) is 10.7. The second-order valence-corrected chi connectivity index (χ2v) is 5.39. The molecule has 1 aliphatic rings. The van der Waals surface area contributed by atoms with E-state index in [4.69, 9.17) is 11.1 Å². The van der Waals surface area contributed by atoms with Crippen molar-refractivity contribution < 1.29 is 4.79 Å². The highest BCUT2D eigenvalue weighted by Gasteiger charge is 2.25. The number of amides is 2. The standard InChI is InChI=1S/C15H22N4O/c1-10-6-5-7-11(2)13(10)19(14(16)17)15(20)18-12-8-3-4-9-12/h5-7,12H,3-4,8-9H2,1-2H3,(H3,16,17)(H,18,20). The average Bonchev–Trinajstić information content (AvgIpc) is 2.86. The quantitative estimate of drug-likeness (QED) is 0.572. The maximum atomic E-state index is 12.4. The van der Waals surface area contributed by atoms with E-state index in [0.29, 0.717) is 5.69 Å². The molecule has 1 saturated carbocycles. The summed E-state index contributed by atoms with van der Waals surface area (Å²) in [6, 6.07) is 5.67. The van der Waals surface area contributed by atoms with Gasteiger partial charge in [-0.1, -0.05) is 31.0 Å². The van der Waals surface area contributed by atoms with Crippen molar-refractivity contribution in [3.8, 4) is 0 Å². The molecule has 0 atom stereocenters. The fraction of sp³-hybridized carbons (Fsp3) is 0.467. The van der Waals surface area contributed by atoms with Crippen LogP contribution in [0.4, 0.5) is 10.5 Å². The monoisotopic (exact) mass is 274 g/mol. The van der Waals surface area contributed by atoms with Gasteiger partial charge in [-0.2, -0.15) is 0 Å². The lowest BCUT2D eigenvalue weighted by atomic mass is 10.1. The molecule has 0 spiro atoms. The fourth-order valence-corrected chi connectivity index (χ4v) is 2.80. The molecule has 4 N–H and O–H groups in total. The van der Waals surface area contributed by atoms with Crippen LogP contribution in [-0.4, -0.2) is 18.0 Å². The Morgan fingerprint density at radius 3 is 2.35 bits per heavy atom. The third kappa shape index (κ3) is 2.92. The number of hydrogen-bond acceptors (Lipinski definition) is 2. The van der Waals surface area contributed by atoms with E-state index in [1.54, 1.807) is 0 Å². The van der Waals surface area contributed by atoms with Crippen LogP contribution >= 0.6 is 0 Å². The normalized spacial score (nSPS) is 15.1. The Hall–Kier alpha value is -2.04. The summed E-state index contributed by atoms with van der Waals surface area (Å²) < 4.78 is 0. The molecule has 5 nitrogen and oxygen atoms in total. The van der Waals surface area contributed by atoms with E-state index in [1.807, 2.05) is 32.0 Å². The maximum absolute atomic E-state index is 12.4. The summed E-state index contributed by atoms with van der Waals surface area (Å²) in [4.78, 5) is 13.7. The number of nitrogens with one attached hydrogen (secondary N) is 2. The summed E-state index contributed by atoms with van der Waals surface area (Å²) >= 11 is 0. The van der Waals surface area contributed by atoms with Gasteiger partial charge < -0.3 is 11.1 Å². The zero-order valence-electron chi connectivity index (χ0n) is 12.1. The molecular formula is C15H22N4O. The average molecular weight is 274 g/mol. The Bertz CT molecular complexity index is 500. The van der Waals surface area contributed by atoms with Crippen LogP contribution in [0, 0.1) is 19.3 Å². The fourth-order valence-electron chi connectivity index (χ4n) is 2.80. The van der Waals surface area contributed by atoms with E-state index in [-0.39, 0.29) is 18.0 Å². The summed E-state index contributed by atoms with van der Waals surface area (Å²) in [5.74, 6) is -0.252. The van der Waals surface area contributed by atoms with Gasteiger partial charge in [0.1, 0.15) is 0 Å². The summed E-state index contributed by atoms with van der Waals surface area (Å²) in [6.07, 6.45) is 4.30. The van der Waals surface area contributed by atoms with Gasteiger partial charge >= 0.3 is 6.03 Å². The van der Waals surface area contributed by atoms with Crippen molar-refractivity contribution in [3.63, 3.8) is 0 Å². The number of urea groups is 1. The third-order valence-corrected chi connectivity index (χ3v) is 3.79. The lowest BCUT2D eigenvalue weighted by Gasteiger charge is -2.26. The van der Waals surface area contributed by atoms with Crippen molar-refractivity contribution in [1.29, 1.82) is 5.41 Å². The van der Waals surface area contributed by atoms with E-state index in [2.05, 4.69) is 5.32 Å². The van der Waals surface area contributed by atoms with E-state index >= 15 is 0 Å². The van der Waals surface area contributed by atoms with E-state index in [1.165, 1.54) is 4.90 Å². The van der Waals surface area contributed by atoms with Crippen LogP contribution in [0.15, 0.2) is 18.2 Å². The van der Waals surface area contributed by atoms with Gasteiger partial charge in [0.15, 0.2) is 0 Å². The Balaban J connectivity index is 2.26. The topological polar surface area (TPSA) is 82.2 Å². The van der Waals surface area contributed by atoms with Gasteiger partial charge in [-0.3, -0.25) is 5.41 Å². The van der Waals surface area contributed by atoms with Gasteiger partial charge in [0.05, 0.1) is 5.69 Å². The smallest absolute Gasteiger partial charge is 0.329 e. The molecule has 1 aromatic rings. The number of rotatable bonds is 2. The largest absolute Gasteiger partial charge is 0.369 e. The van der Waals surface area contributed by atoms with Crippen molar-refractivity contribution in [2.45, 2.75) is 45.6 Å². The number of aryl methyl sites for hydroxylation is 2. The van der Waals surface area contributed by atoms with Crippen LogP contribution in [0.3, 0.4) is 0 Å². The third-order valence-electron chi connectivity index (χ3n) is 3.79. The molecular weight excluding hydrogens is 252 g/mol. The highest BCUT2D eigenvalue weighted by molar-refractivity contribution is 6.14. The lowest BCUT2D eigenvalue weighted by Crippen LogP contribution is -2.50. The SMILES string of the molecule is Cc1cccc(C)c1N(C(=N)N)C(=O)NC1CCCC1. The van der Waals surface area contributed by atoms with Crippen molar-refractivity contribution in [3.05, 3.63) is 29.3 Å². The first-order valence-corrected chi connectivity index (χ1v) is 7.01. The number of nitrogens with zero attached hydrogens (tertiary/aromatic N) is 1. The molecule has 1 aromatic carbocycles. The number of guanidine groups is 1. The molecule has 0 saturated heterocycles. The van der Waals surface area contributed by atoms with E-state index in [9.17, 15) is 4.79 Å². The van der Waals surface area contributed by atoms with Crippen LogP contribution in [0.25, 0.3) is 0 Å². The zero-order valence-corrected chi connectivity index (χ0v) is 12.1. The summed E-state index contributed by atoms with van der Waals surface area (Å²) in [6.45, 7) is 3.84. The van der Waals surface area contributed by atoms with Gasteiger partial charge in [0, 0.05) is 6.04 Å². The molecule has 0 heterocycles. The molecule has 0 aromatic heterocycles. The Morgan fingerprint density at radius 2 is 1.85 bits per heavy atom. The highest BCUT2D eigenvalue weighted by Crippen LogP contribution is 2.25. The second kappa shape index (κ2) is 5.94. The zero-order chi connectivity index (χ0) is 14.7. The molecule has 108 valence electrons. The molecule has 0 unspecified atom stereocenters. The minimum Gasteiger partial charge on any atom is -0.369 e. The van der Waals surface area contributed by atoms with Crippen molar-refractivity contribution in [2.75, 3.05) is 4.90 Å². The molecule has 2 rings (SSSR count). The minimum absolute atomic E-state index is 0.202. The Morgan fingerprint density at radius 1 is 1.30 bits per heavy atom. The molecule has 1 aliphatic carbocycles. The Labute approximate surface area is 119 Å². The maximum Gasteiger partial charge on any atom is 0.329 e. The van der Waals surface area contributed by atoms with Crippen LogP contribution in [0.1, 0.15) is 36.8 Å². The van der Waals surface area contributed by atoms with Gasteiger partial charge in [0.2, 0.25) is 5.96 Å². The molecule has 0 bridgehead atoms. The van der Waals surface area contributed by atoms with Gasteiger partial charge in [0.25, 0.3) is 0 Å². The molecule has 2 amide bonds. The van der Waals surface area contributed by atoms with Crippen LogP contribution in [-0.2, 0) is 0 Å². The summed E-state index contributed by atoms with van der Waals surface area (Å²) in [7, 11) is 0. The van der Waals surface area contributed by atoms with E-state index in [0.717, 1.165) is 36.8 Å². The minimum atomic E-state index is -0.304. The van der Waals surface area contributed by atoms with Crippen molar-refractivity contribution >= 4 is 17.7 Å². The van der Waals surface area contributed by atoms with Crippen molar-refractivity contribution in [2.24, 2.45) is 5.73 Å². The number of hydrogen-bond donors (Lipinski definition) is 3. The molecule has 5 heteroatoms. The van der Waals surface area contributed by atoms with Gasteiger partial charge in [-0.25, -0.2) is 9.69 Å². The lowest BCUT2D eigenvalue weighted by molar-refractivity contribution is 0.245. The Kier molecular flexibility index (Phi) is 4.27. The first-order valence-electron chi connectivity index (χ1n) is 7.01. The second-order valence-electron chi connectivity index (χ2n) is 5.39. The van der Waals surface area contributed by atoms with Crippen LogP contribution in [0.5, 0.6) is 0 Å². The van der Waals surface area contributed by atoms with Crippen LogP contribution in [0.2, 0.25) is 0 Å². The highest BCUT2D eigenvalue weighted by atomic mass is 16.2. The number of carbonyl (C=O) groups excluding carboxylic acids is 1. The number of para-hydroxylation sites is 1. The molecule has 0 radical (unpaired) electrons. The molecule has 0 aliphatic heterocycles. The number of benzene rings is 1. The summed E-state index contributed by atoms with van der Waals surface area (Å²) in [5.41, 5.74) is 8.20. The number of nitrogens with two attached hydrogens (primary N) is 1. The first-order chi connectivity index (χ1) is 9.50. The number of anilines is 1.